The number of hydrogen-bond acceptors (Lipinski definition) is 8. The van der Waals surface area contributed by atoms with Crippen LogP contribution < -0.4 is 21.7 Å². The summed E-state index contributed by atoms with van der Waals surface area (Å²) in [5, 5.41) is 42.1. The molecular formula is C17H28N4O10. The number of carbonyl (C=O) groups excluding carboxylic acids is 3. The van der Waals surface area contributed by atoms with Crippen molar-refractivity contribution < 1.29 is 49.2 Å². The van der Waals surface area contributed by atoms with Crippen molar-refractivity contribution in [1.29, 1.82) is 0 Å². The lowest BCUT2D eigenvalue weighted by Crippen LogP contribution is -2.59. The average molecular weight is 448 g/mol. The van der Waals surface area contributed by atoms with E-state index in [9.17, 15) is 33.9 Å². The largest absolute Gasteiger partial charge is 0.481 e. The fourth-order valence-corrected chi connectivity index (χ4v) is 2.31. The Bertz CT molecular complexity index is 696. The lowest BCUT2D eigenvalue weighted by molar-refractivity contribution is -0.147. The van der Waals surface area contributed by atoms with E-state index in [1.165, 1.54) is 0 Å². The third-order valence-corrected chi connectivity index (χ3v) is 4.06. The molecular weight excluding hydrogens is 420 g/mol. The molecule has 0 aromatic rings. The van der Waals surface area contributed by atoms with E-state index < -0.39 is 78.7 Å². The fourth-order valence-electron chi connectivity index (χ4n) is 2.31. The van der Waals surface area contributed by atoms with Gasteiger partial charge in [0, 0.05) is 6.42 Å². The summed E-state index contributed by atoms with van der Waals surface area (Å²) < 4.78 is 0. The molecule has 14 heteroatoms. The molecule has 0 saturated carbocycles. The van der Waals surface area contributed by atoms with Gasteiger partial charge in [0.2, 0.25) is 17.7 Å². The van der Waals surface area contributed by atoms with E-state index in [0.29, 0.717) is 0 Å². The fraction of sp³-hybridized carbons (Fsp3) is 0.647. The minimum atomic E-state index is -1.79. The number of nitrogens with one attached hydrogen (secondary N) is 3. The first-order valence-corrected chi connectivity index (χ1v) is 9.24. The van der Waals surface area contributed by atoms with Gasteiger partial charge in [0.15, 0.2) is 0 Å². The molecule has 0 aromatic heterocycles. The standard InChI is InChI=1S/C17H28N4O10/c1-7(2)13(21-14(27)8(18)3-4-11(23)24)16(29)20-10(6-22)15(28)19-9(17(30)31)5-12(25)26/h7-10,13,22H,3-6,18H2,1-2H3,(H,19,28)(H,20,29)(H,21,27)(H,23,24)(H,25,26)(H,30,31). The molecule has 0 fully saturated rings. The van der Waals surface area contributed by atoms with Crippen molar-refractivity contribution in [3.05, 3.63) is 0 Å². The number of aliphatic hydroxyl groups is 1. The minimum Gasteiger partial charge on any atom is -0.481 e. The van der Waals surface area contributed by atoms with Crippen molar-refractivity contribution in [3.8, 4) is 0 Å². The van der Waals surface area contributed by atoms with Gasteiger partial charge in [0.1, 0.15) is 18.1 Å². The molecule has 176 valence electrons. The molecule has 9 N–H and O–H groups in total. The highest BCUT2D eigenvalue weighted by Crippen LogP contribution is 2.05. The summed E-state index contributed by atoms with van der Waals surface area (Å²) in [4.78, 5) is 69.2. The quantitative estimate of drug-likeness (QED) is 0.132. The van der Waals surface area contributed by atoms with Gasteiger partial charge in [-0.25, -0.2) is 4.79 Å². The van der Waals surface area contributed by atoms with Crippen LogP contribution in [0.15, 0.2) is 0 Å². The number of carboxylic acid groups (broad SMARTS) is 3. The maximum Gasteiger partial charge on any atom is 0.326 e. The molecule has 0 bridgehead atoms. The van der Waals surface area contributed by atoms with Gasteiger partial charge >= 0.3 is 17.9 Å². The van der Waals surface area contributed by atoms with Gasteiger partial charge in [-0.1, -0.05) is 13.8 Å². The maximum absolute atomic E-state index is 12.5. The van der Waals surface area contributed by atoms with E-state index in [2.05, 4.69) is 10.6 Å². The molecule has 0 aliphatic carbocycles. The number of nitrogens with two attached hydrogens (primary N) is 1. The van der Waals surface area contributed by atoms with Crippen LogP contribution in [-0.2, 0) is 28.8 Å². The van der Waals surface area contributed by atoms with Crippen LogP contribution in [0.1, 0.15) is 33.1 Å². The second-order valence-electron chi connectivity index (χ2n) is 7.01. The average Bonchev–Trinajstić information content (AvgIpc) is 2.66. The first-order valence-electron chi connectivity index (χ1n) is 9.24. The number of carboxylic acids is 3. The van der Waals surface area contributed by atoms with Gasteiger partial charge < -0.3 is 42.1 Å². The predicted molar refractivity (Wildman–Crippen MR) is 102 cm³/mol. The molecule has 0 aromatic carbocycles. The number of aliphatic hydroxyl groups excluding tert-OH is 1. The zero-order valence-electron chi connectivity index (χ0n) is 17.0. The Labute approximate surface area is 177 Å². The first-order chi connectivity index (χ1) is 14.3. The van der Waals surface area contributed by atoms with Crippen LogP contribution in [-0.4, -0.2) is 86.8 Å². The van der Waals surface area contributed by atoms with Gasteiger partial charge in [0.25, 0.3) is 0 Å². The maximum atomic E-state index is 12.5. The lowest BCUT2D eigenvalue weighted by Gasteiger charge is -2.26. The lowest BCUT2D eigenvalue weighted by atomic mass is 10.0. The van der Waals surface area contributed by atoms with E-state index in [-0.39, 0.29) is 12.8 Å². The normalized spacial score (nSPS) is 14.6. The zero-order chi connectivity index (χ0) is 24.3. The second kappa shape index (κ2) is 13.1. The summed E-state index contributed by atoms with van der Waals surface area (Å²) in [5.41, 5.74) is 5.60. The highest BCUT2D eigenvalue weighted by atomic mass is 16.4. The SMILES string of the molecule is CC(C)C(NC(=O)C(N)CCC(=O)O)C(=O)NC(CO)C(=O)NC(CC(=O)O)C(=O)O. The highest BCUT2D eigenvalue weighted by molar-refractivity contribution is 5.94. The predicted octanol–water partition coefficient (Wildman–Crippen LogP) is -3.16. The third-order valence-electron chi connectivity index (χ3n) is 4.06. The van der Waals surface area contributed by atoms with E-state index in [0.717, 1.165) is 0 Å². The van der Waals surface area contributed by atoms with E-state index in [1.807, 2.05) is 5.32 Å². The molecule has 0 spiro atoms. The van der Waals surface area contributed by atoms with Gasteiger partial charge in [-0.15, -0.1) is 0 Å². The van der Waals surface area contributed by atoms with Crippen LogP contribution in [0, 0.1) is 5.92 Å². The topological polar surface area (TPSA) is 245 Å². The summed E-state index contributed by atoms with van der Waals surface area (Å²) in [6.45, 7) is 2.19. The minimum absolute atomic E-state index is 0.171. The second-order valence-corrected chi connectivity index (χ2v) is 7.01. The Morgan fingerprint density at radius 2 is 1.35 bits per heavy atom. The molecule has 4 unspecified atom stereocenters. The Balaban J connectivity index is 5.15. The Kier molecular flexibility index (Phi) is 11.7. The highest BCUT2D eigenvalue weighted by Gasteiger charge is 2.32. The van der Waals surface area contributed by atoms with Crippen molar-refractivity contribution in [1.82, 2.24) is 16.0 Å². The number of hydrogen-bond donors (Lipinski definition) is 8. The Morgan fingerprint density at radius 3 is 1.77 bits per heavy atom. The summed E-state index contributed by atoms with van der Waals surface area (Å²) in [7, 11) is 0. The molecule has 3 amide bonds. The van der Waals surface area contributed by atoms with Crippen molar-refractivity contribution in [3.63, 3.8) is 0 Å². The zero-order valence-corrected chi connectivity index (χ0v) is 17.0. The van der Waals surface area contributed by atoms with Crippen molar-refractivity contribution in [2.75, 3.05) is 6.61 Å². The molecule has 0 aliphatic heterocycles. The Morgan fingerprint density at radius 1 is 0.806 bits per heavy atom. The van der Waals surface area contributed by atoms with Gasteiger partial charge in [-0.2, -0.15) is 0 Å². The molecule has 0 aliphatic rings. The van der Waals surface area contributed by atoms with Crippen LogP contribution in [0.25, 0.3) is 0 Å². The van der Waals surface area contributed by atoms with Crippen molar-refractivity contribution in [2.24, 2.45) is 11.7 Å². The monoisotopic (exact) mass is 448 g/mol. The van der Waals surface area contributed by atoms with Crippen LogP contribution >= 0.6 is 0 Å². The molecule has 0 radical (unpaired) electrons. The molecule has 31 heavy (non-hydrogen) atoms. The van der Waals surface area contributed by atoms with Gasteiger partial charge in [0.05, 0.1) is 19.1 Å². The summed E-state index contributed by atoms with van der Waals surface area (Å²) in [6.07, 6.45) is -1.46. The van der Waals surface area contributed by atoms with Crippen LogP contribution in [0.5, 0.6) is 0 Å². The smallest absolute Gasteiger partial charge is 0.326 e. The van der Waals surface area contributed by atoms with Crippen LogP contribution in [0.3, 0.4) is 0 Å². The van der Waals surface area contributed by atoms with Gasteiger partial charge in [-0.05, 0) is 12.3 Å². The van der Waals surface area contributed by atoms with Gasteiger partial charge in [-0.3, -0.25) is 24.0 Å². The summed E-state index contributed by atoms with van der Waals surface area (Å²) >= 11 is 0. The van der Waals surface area contributed by atoms with Crippen LogP contribution in [0.4, 0.5) is 0 Å². The first kappa shape index (κ1) is 27.7. The number of carbonyl (C=O) groups is 6. The number of amides is 3. The molecule has 14 nitrogen and oxygen atoms in total. The van der Waals surface area contributed by atoms with Crippen LogP contribution in [0.2, 0.25) is 0 Å². The third kappa shape index (κ3) is 10.4. The molecule has 4 atom stereocenters. The van der Waals surface area contributed by atoms with E-state index in [1.54, 1.807) is 13.8 Å². The molecule has 0 heterocycles. The van der Waals surface area contributed by atoms with E-state index >= 15 is 0 Å². The molecule has 0 saturated heterocycles. The van der Waals surface area contributed by atoms with E-state index in [4.69, 9.17) is 21.1 Å². The number of aliphatic carboxylic acids is 3. The summed E-state index contributed by atoms with van der Waals surface area (Å²) in [5.74, 6) is -7.60. The van der Waals surface area contributed by atoms with Crippen molar-refractivity contribution >= 4 is 35.6 Å². The van der Waals surface area contributed by atoms with Crippen molar-refractivity contribution in [2.45, 2.75) is 57.3 Å². The number of rotatable bonds is 14. The molecule has 0 rings (SSSR count). The summed E-state index contributed by atoms with van der Waals surface area (Å²) in [6, 6.07) is -5.82. The Hall–Kier alpha value is -3.26.